The number of aliphatic hydroxyl groups is 1. The minimum absolute atomic E-state index is 0.00764. The molecular formula is C48H60F3N9O9. The second kappa shape index (κ2) is 20.0. The summed E-state index contributed by atoms with van der Waals surface area (Å²) in [7, 11) is 1.49. The van der Waals surface area contributed by atoms with Crippen molar-refractivity contribution < 1.29 is 56.1 Å². The second-order valence-corrected chi connectivity index (χ2v) is 19.2. The third-order valence-corrected chi connectivity index (χ3v) is 12.9. The fourth-order valence-corrected chi connectivity index (χ4v) is 9.62. The highest BCUT2D eigenvalue weighted by Crippen LogP contribution is 2.43. The molecule has 21 heteroatoms. The Kier molecular flexibility index (Phi) is 14.7. The Morgan fingerprint density at radius 2 is 1.90 bits per heavy atom. The number of likely N-dealkylation sites (tertiary alicyclic amines) is 1. The van der Waals surface area contributed by atoms with Crippen molar-refractivity contribution in [2.45, 2.75) is 110 Å². The fraction of sp³-hybridized carbons (Fsp3) is 0.542. The number of carbonyl (C=O) groups excluding carboxylic acids is 5. The topological polar surface area (TPSA) is 215 Å². The molecule has 69 heavy (non-hydrogen) atoms. The Hall–Kier alpha value is -6.19. The van der Waals surface area contributed by atoms with Gasteiger partial charge in [0.1, 0.15) is 18.6 Å². The molecule has 6 bridgehead atoms. The molecule has 5 atom stereocenters. The van der Waals surface area contributed by atoms with E-state index in [1.807, 2.05) is 0 Å². The number of alkyl halides is 3. The largest absolute Gasteiger partial charge is 0.462 e. The number of amides is 4. The average Bonchev–Trinajstić information content (AvgIpc) is 4.05. The number of rotatable bonds is 11. The van der Waals surface area contributed by atoms with Gasteiger partial charge < -0.3 is 38.7 Å². The van der Waals surface area contributed by atoms with Gasteiger partial charge in [0.25, 0.3) is 5.91 Å². The number of nitrogens with one attached hydrogen (secondary N) is 2. The first-order chi connectivity index (χ1) is 32.5. The van der Waals surface area contributed by atoms with Crippen molar-refractivity contribution in [1.29, 1.82) is 0 Å². The second-order valence-electron chi connectivity index (χ2n) is 19.2. The molecule has 3 N–H and O–H groups in total. The molecule has 0 aliphatic carbocycles. The number of carbonyl (C=O) groups is 5. The molecular weight excluding hydrogens is 904 g/mol. The first-order valence-electron chi connectivity index (χ1n) is 23.1. The third-order valence-electron chi connectivity index (χ3n) is 12.9. The first-order valence-corrected chi connectivity index (χ1v) is 23.1. The number of esters is 1. The van der Waals surface area contributed by atoms with Crippen LogP contribution in [0.1, 0.15) is 84.1 Å². The lowest BCUT2D eigenvalue weighted by atomic mass is 9.84. The molecule has 3 aromatic heterocycles. The van der Waals surface area contributed by atoms with E-state index < -0.39 is 78.1 Å². The summed E-state index contributed by atoms with van der Waals surface area (Å²) in [5.74, 6) is -4.43. The predicted octanol–water partition coefficient (Wildman–Crippen LogP) is 4.90. The van der Waals surface area contributed by atoms with Crippen LogP contribution >= 0.6 is 0 Å². The van der Waals surface area contributed by atoms with Gasteiger partial charge in [-0.05, 0) is 81.0 Å². The lowest BCUT2D eigenvalue weighted by molar-refractivity contribution is -0.189. The Morgan fingerprint density at radius 3 is 2.59 bits per heavy atom. The summed E-state index contributed by atoms with van der Waals surface area (Å²) in [6.07, 6.45) is -2.50. The zero-order valence-electron chi connectivity index (χ0n) is 39.9. The van der Waals surface area contributed by atoms with Crippen LogP contribution in [0.15, 0.2) is 53.6 Å². The standard InChI is InChI=1S/C48H60F3N9O9/c1-9-37(61)58-20-16-30(24-58)43(63)57(8)39(27(3)4)41(62)53-34-22-36-54-55-42(69-36)29-14-15-35-32(21-29)33(23-46(6,7)26-68-45(65)47(66)17-12-19-60(56-47)44(34)64)40(59(35)25-48(49,50)51)31-13-11-18-52-38(31)28(5)67-10-2/h9,11,13-15,18,21,27-28,30,34,39,56,66H,1,10,12,16-17,19-20,22-26H2,2-8H3,(H,53,62)/t28-,30-,34-,39-,47-/m0/s1. The van der Waals surface area contributed by atoms with E-state index in [9.17, 15) is 42.3 Å². The maximum absolute atomic E-state index is 14.7. The Balaban J connectivity index is 1.32. The predicted molar refractivity (Wildman–Crippen MR) is 244 cm³/mol. The van der Waals surface area contributed by atoms with Gasteiger partial charge in [-0.25, -0.2) is 4.79 Å². The molecule has 1 aromatic carbocycles. The van der Waals surface area contributed by atoms with Gasteiger partial charge in [0.05, 0.1) is 36.4 Å². The number of aromatic nitrogens is 4. The summed E-state index contributed by atoms with van der Waals surface area (Å²) >= 11 is 0. The maximum atomic E-state index is 14.7. The molecule has 0 saturated carbocycles. The molecule has 0 unspecified atom stereocenters. The Labute approximate surface area is 397 Å². The van der Waals surface area contributed by atoms with Crippen LogP contribution in [0, 0.1) is 17.3 Å². The molecule has 4 amide bonds. The molecule has 372 valence electrons. The van der Waals surface area contributed by atoms with Crippen LogP contribution in [0.4, 0.5) is 13.2 Å². The Bertz CT molecular complexity index is 2610. The number of hydrazine groups is 1. The molecule has 3 aliphatic rings. The van der Waals surface area contributed by atoms with Crippen LogP contribution in [0.5, 0.6) is 0 Å². The van der Waals surface area contributed by atoms with E-state index in [0.29, 0.717) is 47.3 Å². The van der Waals surface area contributed by atoms with Gasteiger partial charge in [0.2, 0.25) is 35.2 Å². The lowest BCUT2D eigenvalue weighted by Gasteiger charge is -2.40. The third kappa shape index (κ3) is 10.8. The zero-order valence-corrected chi connectivity index (χ0v) is 39.9. The van der Waals surface area contributed by atoms with E-state index in [2.05, 4.69) is 32.5 Å². The number of nitrogens with zero attached hydrogens (tertiary/aromatic N) is 7. The van der Waals surface area contributed by atoms with E-state index in [1.54, 1.807) is 72.0 Å². The van der Waals surface area contributed by atoms with Crippen molar-refractivity contribution in [1.82, 2.24) is 45.3 Å². The lowest BCUT2D eigenvalue weighted by Crippen LogP contribution is -2.67. The molecule has 2 saturated heterocycles. The molecule has 6 heterocycles. The van der Waals surface area contributed by atoms with Crippen LogP contribution in [-0.2, 0) is 52.8 Å². The van der Waals surface area contributed by atoms with Gasteiger partial charge in [-0.2, -0.15) is 18.6 Å². The van der Waals surface area contributed by atoms with E-state index in [1.165, 1.54) is 33.6 Å². The van der Waals surface area contributed by atoms with Crippen molar-refractivity contribution in [3.05, 3.63) is 66.3 Å². The molecule has 4 aromatic rings. The highest BCUT2D eigenvalue weighted by molar-refractivity contribution is 5.96. The van der Waals surface area contributed by atoms with Crippen LogP contribution in [0.25, 0.3) is 33.6 Å². The summed E-state index contributed by atoms with van der Waals surface area (Å²) in [5, 5.41) is 24.5. The summed E-state index contributed by atoms with van der Waals surface area (Å²) in [5.41, 5.74) is 1.35. The van der Waals surface area contributed by atoms with E-state index in [-0.39, 0.29) is 73.8 Å². The molecule has 0 spiro atoms. The van der Waals surface area contributed by atoms with Crippen LogP contribution in [-0.4, -0.2) is 133 Å². The van der Waals surface area contributed by atoms with Crippen LogP contribution in [0.2, 0.25) is 0 Å². The SMILES string of the molecule is C=CC(=O)N1CC[C@H](C(=O)N(C)[C@H](C(=O)N[C@H]2Cc3nnc(o3)-c3ccc4c(c3)c(c(-c3cccnc3[C@H](C)OCC)n4CC(F)(F)F)CC(C)(C)COC(=O)[C@@]3(O)CCCN(N3)C2=O)C(C)C)C1. The number of fused-ring (bicyclic) bond motifs is 6. The Morgan fingerprint density at radius 1 is 1.14 bits per heavy atom. The molecule has 2 fully saturated rings. The molecule has 3 aliphatic heterocycles. The number of hydrogen-bond acceptors (Lipinski definition) is 13. The highest BCUT2D eigenvalue weighted by Gasteiger charge is 2.46. The van der Waals surface area contributed by atoms with Crippen LogP contribution < -0.4 is 10.7 Å². The number of hydrogen-bond donors (Lipinski definition) is 3. The monoisotopic (exact) mass is 963 g/mol. The molecule has 7 rings (SSSR count). The van der Waals surface area contributed by atoms with E-state index >= 15 is 0 Å². The number of cyclic esters (lactones) is 1. The number of ether oxygens (including phenoxy) is 2. The summed E-state index contributed by atoms with van der Waals surface area (Å²) in [6, 6.07) is 5.52. The normalized spacial score (nSPS) is 22.0. The quantitative estimate of drug-likeness (QED) is 0.135. The summed E-state index contributed by atoms with van der Waals surface area (Å²) < 4.78 is 63.1. The molecule has 0 radical (unpaired) electrons. The smallest absolute Gasteiger partial charge is 0.406 e. The first kappa shape index (κ1) is 50.7. The van der Waals surface area contributed by atoms with Crippen molar-refractivity contribution in [3.8, 4) is 22.7 Å². The minimum atomic E-state index is -4.66. The zero-order chi connectivity index (χ0) is 50.2. The number of halogens is 3. The maximum Gasteiger partial charge on any atom is 0.406 e. The van der Waals surface area contributed by atoms with Gasteiger partial charge in [-0.3, -0.25) is 29.2 Å². The highest BCUT2D eigenvalue weighted by atomic mass is 19.4. The van der Waals surface area contributed by atoms with Gasteiger partial charge in [0.15, 0.2) is 0 Å². The van der Waals surface area contributed by atoms with Gasteiger partial charge in [0, 0.05) is 73.4 Å². The summed E-state index contributed by atoms with van der Waals surface area (Å²) in [6.45, 7) is 13.3. The number of likely N-dealkylation sites (N-methyl/N-ethyl adjacent to an activating group) is 1. The fourth-order valence-electron chi connectivity index (χ4n) is 9.62. The van der Waals surface area contributed by atoms with Gasteiger partial charge in [-0.1, -0.05) is 34.3 Å². The van der Waals surface area contributed by atoms with Crippen LogP contribution in [0.3, 0.4) is 0 Å². The van der Waals surface area contributed by atoms with Crippen molar-refractivity contribution in [3.63, 3.8) is 0 Å². The van der Waals surface area contributed by atoms with Gasteiger partial charge >= 0.3 is 12.1 Å². The average molecular weight is 964 g/mol. The van der Waals surface area contributed by atoms with Crippen molar-refractivity contribution >= 4 is 40.5 Å². The van der Waals surface area contributed by atoms with Crippen molar-refractivity contribution in [2.75, 3.05) is 39.9 Å². The summed E-state index contributed by atoms with van der Waals surface area (Å²) in [4.78, 5) is 76.4. The van der Waals surface area contributed by atoms with E-state index in [0.717, 1.165) is 5.01 Å². The number of pyridine rings is 1. The molecule has 18 nitrogen and oxygen atoms in total. The minimum Gasteiger partial charge on any atom is -0.462 e. The van der Waals surface area contributed by atoms with Crippen molar-refractivity contribution in [2.24, 2.45) is 17.3 Å². The number of benzene rings is 1. The van der Waals surface area contributed by atoms with Gasteiger partial charge in [-0.15, -0.1) is 10.2 Å². The van der Waals surface area contributed by atoms with E-state index in [4.69, 9.17) is 13.9 Å².